The number of rotatable bonds is 6. The number of nitriles is 2. The maximum Gasteiger partial charge on any atom is 0.432 e. The summed E-state index contributed by atoms with van der Waals surface area (Å²) in [6.45, 7) is -0.655. The van der Waals surface area contributed by atoms with Crippen molar-refractivity contribution in [3.8, 4) is 12.1 Å². The number of nitrogens with one attached hydrogen (secondary N) is 2. The Bertz CT molecular complexity index is 437. The van der Waals surface area contributed by atoms with Crippen LogP contribution in [-0.2, 0) is 0 Å². The summed E-state index contributed by atoms with van der Waals surface area (Å²) in [6, 6.07) is 2.83. The monoisotopic (exact) mass is 314 g/mol. The molecule has 0 spiro atoms. The molecule has 0 aliphatic carbocycles. The third-order valence-electron chi connectivity index (χ3n) is 2.49. The number of hydrogen-bond acceptors (Lipinski definition) is 4. The molecule has 2 N–H and O–H groups in total. The van der Waals surface area contributed by atoms with Crippen molar-refractivity contribution in [2.45, 2.75) is 25.2 Å². The molecule has 0 rings (SSSR count). The Hall–Kier alpha value is -2.10. The Balaban J connectivity index is 4.86. The molecule has 0 heterocycles. The average Bonchev–Trinajstić information content (AvgIpc) is 2.36. The van der Waals surface area contributed by atoms with E-state index in [2.05, 4.69) is 5.32 Å². The van der Waals surface area contributed by atoms with Crippen LogP contribution in [0.5, 0.6) is 0 Å². The first-order valence-electron chi connectivity index (χ1n) is 5.57. The Morgan fingerprint density at radius 2 is 1.57 bits per heavy atom. The Labute approximate surface area is 117 Å². The Kier molecular flexibility index (Phi) is 6.36. The minimum absolute atomic E-state index is 0.469. The highest BCUT2D eigenvalue weighted by molar-refractivity contribution is 5.16. The third kappa shape index (κ3) is 6.75. The Morgan fingerprint density at radius 3 is 1.90 bits per heavy atom. The molecule has 0 bridgehead atoms. The molecule has 0 saturated heterocycles. The molecule has 0 saturated carbocycles. The molecule has 0 fully saturated rings. The largest absolute Gasteiger partial charge is 0.432 e. The second-order valence-electron chi connectivity index (χ2n) is 4.11. The van der Waals surface area contributed by atoms with Crippen LogP contribution in [0.4, 0.5) is 26.3 Å². The van der Waals surface area contributed by atoms with Gasteiger partial charge < -0.3 is 10.6 Å². The van der Waals surface area contributed by atoms with E-state index in [1.807, 2.05) is 5.32 Å². The Morgan fingerprint density at radius 1 is 1.05 bits per heavy atom. The van der Waals surface area contributed by atoms with Crippen molar-refractivity contribution in [2.24, 2.45) is 5.41 Å². The van der Waals surface area contributed by atoms with Gasteiger partial charge in [0.1, 0.15) is 5.70 Å². The van der Waals surface area contributed by atoms with Crippen LogP contribution in [0.2, 0.25) is 0 Å². The summed E-state index contributed by atoms with van der Waals surface area (Å²) in [5.74, 6) is 0. The lowest BCUT2D eigenvalue weighted by atomic mass is 9.86. The second kappa shape index (κ2) is 7.07. The highest BCUT2D eigenvalue weighted by Gasteiger charge is 2.37. The molecule has 0 radical (unpaired) electrons. The minimum atomic E-state index is -4.68. The first-order valence-corrected chi connectivity index (χ1v) is 5.57. The number of alkyl halides is 6. The van der Waals surface area contributed by atoms with Crippen LogP contribution in [0.15, 0.2) is 11.9 Å². The first kappa shape index (κ1) is 18.9. The van der Waals surface area contributed by atoms with Gasteiger partial charge in [0.25, 0.3) is 0 Å². The van der Waals surface area contributed by atoms with Crippen LogP contribution in [0, 0.1) is 28.1 Å². The lowest BCUT2D eigenvalue weighted by Crippen LogP contribution is -2.33. The normalized spacial score (nSPS) is 13.3. The number of halogens is 6. The van der Waals surface area contributed by atoms with Crippen molar-refractivity contribution in [1.29, 1.82) is 10.5 Å². The summed E-state index contributed by atoms with van der Waals surface area (Å²) in [7, 11) is 1.01. The van der Waals surface area contributed by atoms with Gasteiger partial charge >= 0.3 is 12.4 Å². The lowest BCUT2D eigenvalue weighted by molar-refractivity contribution is -0.138. The van der Waals surface area contributed by atoms with Crippen molar-refractivity contribution in [2.75, 3.05) is 13.6 Å². The summed E-state index contributed by atoms with van der Waals surface area (Å²) >= 11 is 0. The second-order valence-corrected chi connectivity index (χ2v) is 4.11. The van der Waals surface area contributed by atoms with Crippen molar-refractivity contribution in [3.05, 3.63) is 11.9 Å². The summed E-state index contributed by atoms with van der Waals surface area (Å²) in [5.41, 5.74) is -3.24. The van der Waals surface area contributed by atoms with Crippen LogP contribution < -0.4 is 10.6 Å². The zero-order valence-electron chi connectivity index (χ0n) is 10.9. The van der Waals surface area contributed by atoms with Gasteiger partial charge in [0.2, 0.25) is 0 Å². The molecule has 0 aliphatic heterocycles. The van der Waals surface area contributed by atoms with E-state index in [0.717, 1.165) is 7.05 Å². The van der Waals surface area contributed by atoms with Crippen LogP contribution >= 0.6 is 0 Å². The quantitative estimate of drug-likeness (QED) is 0.739. The van der Waals surface area contributed by atoms with Crippen LogP contribution in [-0.4, -0.2) is 25.9 Å². The smallest absolute Gasteiger partial charge is 0.387 e. The predicted octanol–water partition coefficient (Wildman–Crippen LogP) is 2.58. The third-order valence-corrected chi connectivity index (χ3v) is 2.49. The number of nitrogens with zero attached hydrogens (tertiary/aromatic N) is 2. The van der Waals surface area contributed by atoms with Crippen molar-refractivity contribution in [1.82, 2.24) is 10.6 Å². The van der Waals surface area contributed by atoms with E-state index < -0.39 is 42.9 Å². The van der Waals surface area contributed by atoms with E-state index in [4.69, 9.17) is 10.5 Å². The van der Waals surface area contributed by atoms with Crippen LogP contribution in [0.3, 0.4) is 0 Å². The van der Waals surface area contributed by atoms with E-state index >= 15 is 0 Å². The highest BCUT2D eigenvalue weighted by atomic mass is 19.4. The van der Waals surface area contributed by atoms with Gasteiger partial charge in [0.15, 0.2) is 5.41 Å². The van der Waals surface area contributed by atoms with E-state index in [1.54, 1.807) is 0 Å². The molecule has 4 nitrogen and oxygen atoms in total. The molecule has 0 unspecified atom stereocenters. The lowest BCUT2D eigenvalue weighted by Gasteiger charge is -2.20. The van der Waals surface area contributed by atoms with Gasteiger partial charge in [-0.15, -0.1) is 0 Å². The zero-order valence-corrected chi connectivity index (χ0v) is 10.9. The first-order chi connectivity index (χ1) is 9.49. The molecule has 0 aromatic carbocycles. The summed E-state index contributed by atoms with van der Waals surface area (Å²) in [6.07, 6.45) is -11.0. The van der Waals surface area contributed by atoms with Gasteiger partial charge in [0, 0.05) is 26.2 Å². The molecule has 0 atom stereocenters. The van der Waals surface area contributed by atoms with Gasteiger partial charge in [-0.05, 0) is 6.42 Å². The molecule has 0 aromatic heterocycles. The van der Waals surface area contributed by atoms with E-state index in [1.165, 1.54) is 12.1 Å². The fourth-order valence-electron chi connectivity index (χ4n) is 1.28. The minimum Gasteiger partial charge on any atom is -0.387 e. The summed E-state index contributed by atoms with van der Waals surface area (Å²) in [4.78, 5) is 0. The molecular weight excluding hydrogens is 302 g/mol. The average molecular weight is 314 g/mol. The fourth-order valence-corrected chi connectivity index (χ4v) is 1.28. The maximum atomic E-state index is 12.4. The van der Waals surface area contributed by atoms with Gasteiger partial charge in [-0.1, -0.05) is 0 Å². The SMILES string of the molecule is CN/C(=C\NCC(C#N)(C#N)CCC(F)(F)F)C(F)(F)F. The molecular formula is C11H12F6N4. The molecule has 0 aliphatic rings. The van der Waals surface area contributed by atoms with Gasteiger partial charge in [-0.25, -0.2) is 0 Å². The van der Waals surface area contributed by atoms with Crippen LogP contribution in [0.25, 0.3) is 0 Å². The topological polar surface area (TPSA) is 71.6 Å². The fraction of sp³-hybridized carbons (Fsp3) is 0.636. The molecule has 0 amide bonds. The maximum absolute atomic E-state index is 12.4. The molecule has 0 aromatic rings. The summed E-state index contributed by atoms with van der Waals surface area (Å²) in [5, 5.41) is 21.5. The van der Waals surface area contributed by atoms with E-state index in [0.29, 0.717) is 6.20 Å². The van der Waals surface area contributed by atoms with Gasteiger partial charge in [0.05, 0.1) is 12.1 Å². The molecule has 21 heavy (non-hydrogen) atoms. The highest BCUT2D eigenvalue weighted by Crippen LogP contribution is 2.30. The summed E-state index contributed by atoms with van der Waals surface area (Å²) < 4.78 is 73.4. The van der Waals surface area contributed by atoms with Gasteiger partial charge in [-0.2, -0.15) is 36.9 Å². The number of allylic oxidation sites excluding steroid dienone is 1. The zero-order chi connectivity index (χ0) is 16.7. The van der Waals surface area contributed by atoms with E-state index in [9.17, 15) is 26.3 Å². The molecule has 10 heteroatoms. The number of hydrogen-bond donors (Lipinski definition) is 2. The van der Waals surface area contributed by atoms with Gasteiger partial charge in [-0.3, -0.25) is 0 Å². The van der Waals surface area contributed by atoms with Crippen molar-refractivity contribution in [3.63, 3.8) is 0 Å². The van der Waals surface area contributed by atoms with Crippen molar-refractivity contribution < 1.29 is 26.3 Å². The van der Waals surface area contributed by atoms with Crippen molar-refractivity contribution >= 4 is 0 Å². The molecule has 118 valence electrons. The predicted molar refractivity (Wildman–Crippen MR) is 60.1 cm³/mol. The van der Waals surface area contributed by atoms with Crippen LogP contribution in [0.1, 0.15) is 12.8 Å². The van der Waals surface area contributed by atoms with E-state index in [-0.39, 0.29) is 0 Å². The standard InChI is InChI=1S/C11H12F6N4/c1-20-8(11(15,16)17)4-21-7-9(5-18,6-19)2-3-10(12,13)14/h4,20-21H,2-3,7H2,1H3/b8-4-.